The fourth-order valence-electron chi connectivity index (χ4n) is 1.46. The van der Waals surface area contributed by atoms with Gasteiger partial charge in [-0.2, -0.15) is 0 Å². The molecule has 0 unspecified atom stereocenters. The van der Waals surface area contributed by atoms with Gasteiger partial charge in [0.1, 0.15) is 0 Å². The van der Waals surface area contributed by atoms with Crippen molar-refractivity contribution in [1.82, 2.24) is 0 Å². The van der Waals surface area contributed by atoms with Crippen LogP contribution in [0.2, 0.25) is 0 Å². The van der Waals surface area contributed by atoms with E-state index in [0.29, 0.717) is 5.56 Å². The topological polar surface area (TPSA) is 17.1 Å². The average Bonchev–Trinajstić information content (AvgIpc) is 2.61. The number of hydrogen-bond acceptors (Lipinski definition) is 2. The van der Waals surface area contributed by atoms with Crippen LogP contribution in [-0.2, 0) is 0 Å². The quantitative estimate of drug-likeness (QED) is 0.410. The molecule has 0 aliphatic rings. The SMILES string of the molecule is Cc1cccc(C(=O)c2cc(Br)sc2Br)c1I. The largest absolute Gasteiger partial charge is 0.288 e. The third kappa shape index (κ3) is 2.83. The Kier molecular flexibility index (Phi) is 4.44. The van der Waals surface area contributed by atoms with Crippen LogP contribution in [0.1, 0.15) is 21.5 Å². The summed E-state index contributed by atoms with van der Waals surface area (Å²) in [6.45, 7) is 2.01. The van der Waals surface area contributed by atoms with Gasteiger partial charge in [-0.25, -0.2) is 0 Å². The zero-order chi connectivity index (χ0) is 12.6. The first-order chi connectivity index (χ1) is 8.00. The van der Waals surface area contributed by atoms with Gasteiger partial charge in [0.2, 0.25) is 0 Å². The molecule has 1 nitrogen and oxygen atoms in total. The fourth-order valence-corrected chi connectivity index (χ4v) is 4.86. The second-order valence-electron chi connectivity index (χ2n) is 3.50. The second-order valence-corrected chi connectivity index (χ2v) is 8.33. The summed E-state index contributed by atoms with van der Waals surface area (Å²) in [7, 11) is 0. The molecule has 1 aromatic carbocycles. The van der Waals surface area contributed by atoms with E-state index < -0.39 is 0 Å². The van der Waals surface area contributed by atoms with Crippen LogP contribution < -0.4 is 0 Å². The molecule has 1 aromatic heterocycles. The van der Waals surface area contributed by atoms with Crippen molar-refractivity contribution >= 4 is 71.6 Å². The van der Waals surface area contributed by atoms with E-state index in [0.717, 1.165) is 22.3 Å². The van der Waals surface area contributed by atoms with Crippen LogP contribution in [0.5, 0.6) is 0 Å². The number of carbonyl (C=O) groups excluding carboxylic acids is 1. The molecule has 5 heteroatoms. The molecule has 0 spiro atoms. The fraction of sp³-hybridized carbons (Fsp3) is 0.0833. The van der Waals surface area contributed by atoms with E-state index in [-0.39, 0.29) is 5.78 Å². The molecule has 0 fully saturated rings. The van der Waals surface area contributed by atoms with Crippen LogP contribution in [0.4, 0.5) is 0 Å². The number of thiophene rings is 1. The van der Waals surface area contributed by atoms with Crippen molar-refractivity contribution in [2.24, 2.45) is 0 Å². The summed E-state index contributed by atoms with van der Waals surface area (Å²) >= 11 is 10.5. The summed E-state index contributed by atoms with van der Waals surface area (Å²) in [5.74, 6) is 0.0620. The molecular formula is C12H7Br2IOS. The predicted molar refractivity (Wildman–Crippen MR) is 87.0 cm³/mol. The molecule has 0 atom stereocenters. The van der Waals surface area contributed by atoms with Gasteiger partial charge in [0.05, 0.1) is 7.57 Å². The van der Waals surface area contributed by atoms with Crippen LogP contribution in [0.25, 0.3) is 0 Å². The van der Waals surface area contributed by atoms with Gasteiger partial charge >= 0.3 is 0 Å². The Bertz CT molecular complexity index is 592. The molecular weight excluding hydrogens is 479 g/mol. The highest BCUT2D eigenvalue weighted by molar-refractivity contribution is 14.1. The minimum atomic E-state index is 0.0620. The van der Waals surface area contributed by atoms with Crippen LogP contribution in [0.15, 0.2) is 31.8 Å². The predicted octanol–water partition coefficient (Wildman–Crippen LogP) is 5.42. The van der Waals surface area contributed by atoms with Crippen molar-refractivity contribution in [3.63, 3.8) is 0 Å². The lowest BCUT2D eigenvalue weighted by molar-refractivity contribution is 0.103. The molecule has 0 bridgehead atoms. The van der Waals surface area contributed by atoms with Crippen molar-refractivity contribution in [2.45, 2.75) is 6.92 Å². The number of hydrogen-bond donors (Lipinski definition) is 0. The van der Waals surface area contributed by atoms with Gasteiger partial charge in [-0.3, -0.25) is 4.79 Å². The Labute approximate surface area is 134 Å². The Morgan fingerprint density at radius 2 is 2.00 bits per heavy atom. The van der Waals surface area contributed by atoms with Gasteiger partial charge in [0.25, 0.3) is 0 Å². The molecule has 0 aliphatic heterocycles. The van der Waals surface area contributed by atoms with Crippen molar-refractivity contribution in [3.8, 4) is 0 Å². The van der Waals surface area contributed by atoms with E-state index in [1.807, 2.05) is 31.2 Å². The number of halogens is 3. The van der Waals surface area contributed by atoms with Gasteiger partial charge in [0, 0.05) is 14.7 Å². The Morgan fingerprint density at radius 1 is 1.29 bits per heavy atom. The standard InChI is InChI=1S/C12H7Br2IOS/c1-6-3-2-4-7(10(6)15)11(16)8-5-9(13)17-12(8)14/h2-5H,1H3. The molecule has 0 saturated heterocycles. The van der Waals surface area contributed by atoms with E-state index in [1.165, 1.54) is 11.3 Å². The maximum Gasteiger partial charge on any atom is 0.196 e. The molecule has 0 saturated carbocycles. The molecule has 0 N–H and O–H groups in total. The van der Waals surface area contributed by atoms with E-state index in [1.54, 1.807) is 0 Å². The van der Waals surface area contributed by atoms with Gasteiger partial charge in [0.15, 0.2) is 5.78 Å². The van der Waals surface area contributed by atoms with Crippen LogP contribution >= 0.6 is 65.8 Å². The molecule has 0 aliphatic carbocycles. The van der Waals surface area contributed by atoms with E-state index >= 15 is 0 Å². The van der Waals surface area contributed by atoms with Crippen LogP contribution in [0, 0.1) is 10.5 Å². The summed E-state index contributed by atoms with van der Waals surface area (Å²) < 4.78 is 2.84. The van der Waals surface area contributed by atoms with E-state index in [4.69, 9.17) is 0 Å². The molecule has 0 amide bonds. The molecule has 17 heavy (non-hydrogen) atoms. The molecule has 1 heterocycles. The minimum Gasteiger partial charge on any atom is -0.288 e. The number of ketones is 1. The first-order valence-corrected chi connectivity index (χ1v) is 8.23. The smallest absolute Gasteiger partial charge is 0.196 e. The second kappa shape index (κ2) is 5.50. The first kappa shape index (κ1) is 13.7. The number of aryl methyl sites for hydroxylation is 1. The molecule has 2 aromatic rings. The maximum absolute atomic E-state index is 12.4. The van der Waals surface area contributed by atoms with Crippen molar-refractivity contribution in [2.75, 3.05) is 0 Å². The third-order valence-corrected chi connectivity index (χ3v) is 6.11. The normalized spacial score (nSPS) is 10.6. The monoisotopic (exact) mass is 484 g/mol. The Hall–Kier alpha value is 0.280. The third-order valence-electron chi connectivity index (χ3n) is 2.34. The van der Waals surface area contributed by atoms with Gasteiger partial charge in [-0.05, 0) is 79.1 Å². The van der Waals surface area contributed by atoms with Gasteiger partial charge in [-0.15, -0.1) is 11.3 Å². The minimum absolute atomic E-state index is 0.0620. The van der Waals surface area contributed by atoms with E-state index in [2.05, 4.69) is 54.5 Å². The Balaban J connectivity index is 2.51. The highest BCUT2D eigenvalue weighted by atomic mass is 127. The Morgan fingerprint density at radius 3 is 2.59 bits per heavy atom. The summed E-state index contributed by atoms with van der Waals surface area (Å²) in [6, 6.07) is 7.65. The van der Waals surface area contributed by atoms with Crippen LogP contribution in [-0.4, -0.2) is 5.78 Å². The van der Waals surface area contributed by atoms with Gasteiger partial charge < -0.3 is 0 Å². The summed E-state index contributed by atoms with van der Waals surface area (Å²) in [4.78, 5) is 12.4. The molecule has 0 radical (unpaired) electrons. The highest BCUT2D eigenvalue weighted by Gasteiger charge is 2.18. The van der Waals surface area contributed by atoms with Gasteiger partial charge in [-0.1, -0.05) is 12.1 Å². The molecule has 88 valence electrons. The highest BCUT2D eigenvalue weighted by Crippen LogP contribution is 2.34. The van der Waals surface area contributed by atoms with Crippen LogP contribution in [0.3, 0.4) is 0 Å². The molecule has 2 rings (SSSR count). The zero-order valence-electron chi connectivity index (χ0n) is 8.76. The summed E-state index contributed by atoms with van der Waals surface area (Å²) in [5.41, 5.74) is 2.60. The lowest BCUT2D eigenvalue weighted by Crippen LogP contribution is -2.04. The lowest BCUT2D eigenvalue weighted by Gasteiger charge is -2.05. The summed E-state index contributed by atoms with van der Waals surface area (Å²) in [5, 5.41) is 0. The van der Waals surface area contributed by atoms with Crippen molar-refractivity contribution in [3.05, 3.63) is 52.1 Å². The van der Waals surface area contributed by atoms with Crippen molar-refractivity contribution < 1.29 is 4.79 Å². The zero-order valence-corrected chi connectivity index (χ0v) is 14.9. The summed E-state index contributed by atoms with van der Waals surface area (Å²) in [6.07, 6.45) is 0. The number of benzene rings is 1. The number of rotatable bonds is 2. The lowest BCUT2D eigenvalue weighted by atomic mass is 10.0. The maximum atomic E-state index is 12.4. The van der Waals surface area contributed by atoms with Crippen molar-refractivity contribution in [1.29, 1.82) is 0 Å². The average molecular weight is 486 g/mol. The van der Waals surface area contributed by atoms with E-state index in [9.17, 15) is 4.79 Å². The number of carbonyl (C=O) groups is 1. The first-order valence-electron chi connectivity index (χ1n) is 4.75.